The number of ether oxygens (including phenoxy) is 1. The zero-order chi connectivity index (χ0) is 14.4. The van der Waals surface area contributed by atoms with Crippen LogP contribution in [0.3, 0.4) is 0 Å². The van der Waals surface area contributed by atoms with E-state index in [0.29, 0.717) is 6.42 Å². The van der Waals surface area contributed by atoms with Crippen molar-refractivity contribution in [2.45, 2.75) is 12.5 Å². The molecule has 1 N–H and O–H groups in total. The first-order valence-corrected chi connectivity index (χ1v) is 7.06. The number of halogens is 1. The van der Waals surface area contributed by atoms with Crippen molar-refractivity contribution >= 4 is 21.6 Å². The zero-order valence-electron chi connectivity index (χ0n) is 11.1. The number of nitrogens with one attached hydrogen (secondary N) is 1. The maximum absolute atomic E-state index is 9.02. The monoisotopic (exact) mass is 330 g/mol. The molecule has 3 nitrogen and oxygen atoms in total. The van der Waals surface area contributed by atoms with E-state index in [-0.39, 0.29) is 6.04 Å². The molecule has 0 aromatic heterocycles. The molecular formula is C16H15BrN2O. The summed E-state index contributed by atoms with van der Waals surface area (Å²) >= 11 is 3.51. The van der Waals surface area contributed by atoms with Crippen LogP contribution >= 0.6 is 15.9 Å². The van der Waals surface area contributed by atoms with Gasteiger partial charge in [-0.2, -0.15) is 5.26 Å². The van der Waals surface area contributed by atoms with E-state index >= 15 is 0 Å². The second-order valence-electron chi connectivity index (χ2n) is 4.32. The number of hydrogen-bond acceptors (Lipinski definition) is 3. The Balaban J connectivity index is 2.27. The van der Waals surface area contributed by atoms with Gasteiger partial charge in [-0.15, -0.1) is 0 Å². The molecule has 0 saturated heterocycles. The fourth-order valence-corrected chi connectivity index (χ4v) is 2.32. The van der Waals surface area contributed by atoms with Crippen molar-refractivity contribution in [2.75, 3.05) is 12.4 Å². The van der Waals surface area contributed by atoms with E-state index in [1.807, 2.05) is 48.5 Å². The number of anilines is 1. The number of methoxy groups -OCH3 is 1. The van der Waals surface area contributed by atoms with Gasteiger partial charge in [0.05, 0.1) is 31.3 Å². The van der Waals surface area contributed by atoms with E-state index in [0.717, 1.165) is 21.5 Å². The van der Waals surface area contributed by atoms with Crippen LogP contribution in [0.2, 0.25) is 0 Å². The van der Waals surface area contributed by atoms with Crippen LogP contribution in [0, 0.1) is 11.3 Å². The Morgan fingerprint density at radius 1 is 1.25 bits per heavy atom. The third-order valence-electron chi connectivity index (χ3n) is 3.00. The van der Waals surface area contributed by atoms with Crippen LogP contribution in [0.5, 0.6) is 5.75 Å². The van der Waals surface area contributed by atoms with E-state index < -0.39 is 0 Å². The summed E-state index contributed by atoms with van der Waals surface area (Å²) in [5, 5.41) is 12.4. The molecule has 0 aliphatic rings. The van der Waals surface area contributed by atoms with Crippen molar-refractivity contribution in [1.82, 2.24) is 0 Å². The fraction of sp³-hybridized carbons (Fsp3) is 0.188. The first-order valence-electron chi connectivity index (χ1n) is 6.26. The lowest BCUT2D eigenvalue weighted by atomic mass is 10.0. The van der Waals surface area contributed by atoms with Gasteiger partial charge < -0.3 is 10.1 Å². The molecule has 0 heterocycles. The lowest BCUT2D eigenvalue weighted by molar-refractivity contribution is 0.415. The van der Waals surface area contributed by atoms with Gasteiger partial charge in [-0.3, -0.25) is 0 Å². The Kier molecular flexibility index (Phi) is 5.03. The first-order chi connectivity index (χ1) is 9.74. The van der Waals surface area contributed by atoms with Crippen LogP contribution in [-0.2, 0) is 0 Å². The molecule has 2 aromatic rings. The lowest BCUT2D eigenvalue weighted by Crippen LogP contribution is -2.10. The number of nitriles is 1. The number of rotatable bonds is 5. The molecular weight excluding hydrogens is 316 g/mol. The summed E-state index contributed by atoms with van der Waals surface area (Å²) in [6, 6.07) is 17.8. The van der Waals surface area contributed by atoms with Gasteiger partial charge in [-0.25, -0.2) is 0 Å². The molecule has 1 unspecified atom stereocenters. The molecule has 0 radical (unpaired) electrons. The Morgan fingerprint density at radius 3 is 2.65 bits per heavy atom. The van der Waals surface area contributed by atoms with Gasteiger partial charge in [0.1, 0.15) is 5.75 Å². The minimum Gasteiger partial charge on any atom is -0.497 e. The smallest absolute Gasteiger partial charge is 0.121 e. The quantitative estimate of drug-likeness (QED) is 0.876. The summed E-state index contributed by atoms with van der Waals surface area (Å²) < 4.78 is 6.17. The van der Waals surface area contributed by atoms with Crippen LogP contribution in [0.1, 0.15) is 18.0 Å². The SMILES string of the molecule is COc1ccc(Br)c(NC(CC#N)c2ccccc2)c1. The number of hydrogen-bond donors (Lipinski definition) is 1. The third kappa shape index (κ3) is 3.52. The molecule has 1 atom stereocenters. The van der Waals surface area contributed by atoms with Crippen LogP contribution in [0.4, 0.5) is 5.69 Å². The summed E-state index contributed by atoms with van der Waals surface area (Å²) in [4.78, 5) is 0. The standard InChI is InChI=1S/C16H15BrN2O/c1-20-13-7-8-14(17)16(11-13)19-15(9-10-18)12-5-3-2-4-6-12/h2-8,11,15,19H,9H2,1H3. The summed E-state index contributed by atoms with van der Waals surface area (Å²) in [7, 11) is 1.64. The van der Waals surface area contributed by atoms with Gasteiger partial charge >= 0.3 is 0 Å². The molecule has 0 aliphatic carbocycles. The van der Waals surface area contributed by atoms with E-state index in [2.05, 4.69) is 27.3 Å². The lowest BCUT2D eigenvalue weighted by Gasteiger charge is -2.19. The second kappa shape index (κ2) is 6.97. The summed E-state index contributed by atoms with van der Waals surface area (Å²) in [5.41, 5.74) is 2.00. The van der Waals surface area contributed by atoms with Gasteiger partial charge in [0.25, 0.3) is 0 Å². The first kappa shape index (κ1) is 14.4. The van der Waals surface area contributed by atoms with Crippen LogP contribution in [-0.4, -0.2) is 7.11 Å². The normalized spacial score (nSPS) is 11.4. The highest BCUT2D eigenvalue weighted by atomic mass is 79.9. The minimum atomic E-state index is -0.0513. The molecule has 0 amide bonds. The van der Waals surface area contributed by atoms with Crippen molar-refractivity contribution in [2.24, 2.45) is 0 Å². The number of nitrogens with zero attached hydrogens (tertiary/aromatic N) is 1. The van der Waals surface area contributed by atoms with E-state index in [1.54, 1.807) is 7.11 Å². The molecule has 0 fully saturated rings. The van der Waals surface area contributed by atoms with Crippen molar-refractivity contribution in [1.29, 1.82) is 5.26 Å². The molecule has 102 valence electrons. The summed E-state index contributed by atoms with van der Waals surface area (Å²) in [6.07, 6.45) is 0.396. The van der Waals surface area contributed by atoms with E-state index in [9.17, 15) is 0 Å². The summed E-state index contributed by atoms with van der Waals surface area (Å²) in [6.45, 7) is 0. The molecule has 0 bridgehead atoms. The maximum atomic E-state index is 9.02. The Morgan fingerprint density at radius 2 is 2.00 bits per heavy atom. The number of benzene rings is 2. The second-order valence-corrected chi connectivity index (χ2v) is 5.17. The van der Waals surface area contributed by atoms with Gasteiger partial charge in [0.2, 0.25) is 0 Å². The highest BCUT2D eigenvalue weighted by molar-refractivity contribution is 9.10. The average Bonchev–Trinajstić information content (AvgIpc) is 2.49. The Bertz CT molecular complexity index is 608. The average molecular weight is 331 g/mol. The zero-order valence-corrected chi connectivity index (χ0v) is 12.7. The topological polar surface area (TPSA) is 45.0 Å². The van der Waals surface area contributed by atoms with Gasteiger partial charge in [-0.1, -0.05) is 30.3 Å². The molecule has 20 heavy (non-hydrogen) atoms. The molecule has 2 rings (SSSR count). The van der Waals surface area contributed by atoms with Crippen molar-refractivity contribution in [3.8, 4) is 11.8 Å². The highest BCUT2D eigenvalue weighted by Crippen LogP contribution is 2.31. The molecule has 0 saturated carbocycles. The predicted molar refractivity (Wildman–Crippen MR) is 83.7 cm³/mol. The van der Waals surface area contributed by atoms with E-state index in [4.69, 9.17) is 10.00 Å². The van der Waals surface area contributed by atoms with Gasteiger partial charge in [-0.05, 0) is 33.6 Å². The van der Waals surface area contributed by atoms with E-state index in [1.165, 1.54) is 0 Å². The predicted octanol–water partition coefficient (Wildman–Crippen LogP) is 4.52. The molecule has 0 aliphatic heterocycles. The van der Waals surface area contributed by atoms with Crippen molar-refractivity contribution in [3.63, 3.8) is 0 Å². The minimum absolute atomic E-state index is 0.0513. The van der Waals surface area contributed by atoms with Crippen LogP contribution in [0.15, 0.2) is 53.0 Å². The molecule has 2 aromatic carbocycles. The highest BCUT2D eigenvalue weighted by Gasteiger charge is 2.12. The largest absolute Gasteiger partial charge is 0.497 e. The van der Waals surface area contributed by atoms with Crippen molar-refractivity contribution in [3.05, 3.63) is 58.6 Å². The molecule has 0 spiro atoms. The third-order valence-corrected chi connectivity index (χ3v) is 3.69. The van der Waals surface area contributed by atoms with Crippen LogP contribution in [0.25, 0.3) is 0 Å². The Hall–Kier alpha value is -1.99. The Labute approximate surface area is 127 Å². The van der Waals surface area contributed by atoms with Crippen molar-refractivity contribution < 1.29 is 4.74 Å². The fourth-order valence-electron chi connectivity index (χ4n) is 1.96. The maximum Gasteiger partial charge on any atom is 0.121 e. The summed E-state index contributed by atoms with van der Waals surface area (Å²) in [5.74, 6) is 0.777. The van der Waals surface area contributed by atoms with Crippen LogP contribution < -0.4 is 10.1 Å². The molecule has 4 heteroatoms. The van der Waals surface area contributed by atoms with Gasteiger partial charge in [0, 0.05) is 10.5 Å². The van der Waals surface area contributed by atoms with Gasteiger partial charge in [0.15, 0.2) is 0 Å².